The maximum Gasteiger partial charge on any atom is 0.123 e. The number of hydrogen-bond donors (Lipinski definition) is 1. The number of aryl methyl sites for hydroxylation is 1. The SMILES string of the molecule is Cc1ccoc1C(C)NCCc1ccsc1. The highest BCUT2D eigenvalue weighted by molar-refractivity contribution is 7.07. The molecule has 0 radical (unpaired) electrons. The zero-order chi connectivity index (χ0) is 11.4. The summed E-state index contributed by atoms with van der Waals surface area (Å²) in [5, 5.41) is 7.79. The Kier molecular flexibility index (Phi) is 3.80. The summed E-state index contributed by atoms with van der Waals surface area (Å²) in [6.07, 6.45) is 2.83. The maximum atomic E-state index is 5.45. The van der Waals surface area contributed by atoms with Gasteiger partial charge in [0.15, 0.2) is 0 Å². The molecule has 2 aromatic rings. The fourth-order valence-corrected chi connectivity index (χ4v) is 2.49. The highest BCUT2D eigenvalue weighted by Crippen LogP contribution is 2.17. The molecule has 0 aliphatic carbocycles. The van der Waals surface area contributed by atoms with E-state index in [-0.39, 0.29) is 6.04 Å². The Morgan fingerprint density at radius 1 is 1.44 bits per heavy atom. The second kappa shape index (κ2) is 5.32. The molecule has 3 heteroatoms. The molecule has 0 saturated heterocycles. The van der Waals surface area contributed by atoms with Crippen molar-refractivity contribution in [3.05, 3.63) is 46.0 Å². The molecule has 16 heavy (non-hydrogen) atoms. The van der Waals surface area contributed by atoms with E-state index in [1.165, 1.54) is 11.1 Å². The molecule has 0 fully saturated rings. The van der Waals surface area contributed by atoms with E-state index in [1.807, 2.05) is 6.07 Å². The van der Waals surface area contributed by atoms with Gasteiger partial charge in [-0.05, 0) is 60.8 Å². The van der Waals surface area contributed by atoms with E-state index in [2.05, 4.69) is 36.0 Å². The summed E-state index contributed by atoms with van der Waals surface area (Å²) in [7, 11) is 0. The average molecular weight is 235 g/mol. The lowest BCUT2D eigenvalue weighted by Gasteiger charge is -2.11. The van der Waals surface area contributed by atoms with E-state index in [0.717, 1.165) is 18.7 Å². The van der Waals surface area contributed by atoms with Gasteiger partial charge >= 0.3 is 0 Å². The van der Waals surface area contributed by atoms with Crippen molar-refractivity contribution in [1.82, 2.24) is 5.32 Å². The lowest BCUT2D eigenvalue weighted by molar-refractivity contribution is 0.430. The molecule has 2 aromatic heterocycles. The zero-order valence-corrected chi connectivity index (χ0v) is 10.5. The molecule has 1 atom stereocenters. The fourth-order valence-electron chi connectivity index (χ4n) is 1.79. The molecule has 0 saturated carbocycles. The minimum Gasteiger partial charge on any atom is -0.467 e. The van der Waals surface area contributed by atoms with Crippen LogP contribution in [0.15, 0.2) is 33.6 Å². The van der Waals surface area contributed by atoms with Crippen molar-refractivity contribution in [3.63, 3.8) is 0 Å². The summed E-state index contributed by atoms with van der Waals surface area (Å²) in [4.78, 5) is 0. The summed E-state index contributed by atoms with van der Waals surface area (Å²) >= 11 is 1.75. The molecule has 0 aliphatic heterocycles. The number of hydrogen-bond acceptors (Lipinski definition) is 3. The third-order valence-electron chi connectivity index (χ3n) is 2.74. The van der Waals surface area contributed by atoms with Crippen LogP contribution in [0.3, 0.4) is 0 Å². The first-order chi connectivity index (χ1) is 7.77. The van der Waals surface area contributed by atoms with Crippen LogP contribution in [0.4, 0.5) is 0 Å². The first kappa shape index (κ1) is 11.4. The standard InChI is InChI=1S/C13H17NOS/c1-10-4-7-15-13(10)11(2)14-6-3-12-5-8-16-9-12/h4-5,7-9,11,14H,3,6H2,1-2H3. The largest absolute Gasteiger partial charge is 0.467 e. The molecular formula is C13H17NOS. The van der Waals surface area contributed by atoms with Gasteiger partial charge < -0.3 is 9.73 Å². The molecule has 0 spiro atoms. The maximum absolute atomic E-state index is 5.45. The van der Waals surface area contributed by atoms with Gasteiger partial charge in [0.25, 0.3) is 0 Å². The highest BCUT2D eigenvalue weighted by Gasteiger charge is 2.10. The normalized spacial score (nSPS) is 12.9. The molecule has 1 unspecified atom stereocenters. The molecule has 2 nitrogen and oxygen atoms in total. The number of thiophene rings is 1. The third-order valence-corrected chi connectivity index (χ3v) is 3.47. The van der Waals surface area contributed by atoms with E-state index in [9.17, 15) is 0 Å². The minimum atomic E-state index is 0.286. The lowest BCUT2D eigenvalue weighted by Crippen LogP contribution is -2.21. The Bertz CT molecular complexity index is 419. The molecule has 1 N–H and O–H groups in total. The molecule has 0 amide bonds. The van der Waals surface area contributed by atoms with Crippen LogP contribution in [0.2, 0.25) is 0 Å². The minimum absolute atomic E-state index is 0.286. The van der Waals surface area contributed by atoms with Gasteiger partial charge in [0.2, 0.25) is 0 Å². The predicted molar refractivity (Wildman–Crippen MR) is 67.9 cm³/mol. The van der Waals surface area contributed by atoms with Gasteiger partial charge in [-0.15, -0.1) is 0 Å². The van der Waals surface area contributed by atoms with Crippen LogP contribution in [0.25, 0.3) is 0 Å². The fraction of sp³-hybridized carbons (Fsp3) is 0.385. The topological polar surface area (TPSA) is 25.2 Å². The Morgan fingerprint density at radius 2 is 2.31 bits per heavy atom. The molecule has 0 aromatic carbocycles. The van der Waals surface area contributed by atoms with Crippen molar-refractivity contribution in [1.29, 1.82) is 0 Å². The van der Waals surface area contributed by atoms with E-state index >= 15 is 0 Å². The molecule has 86 valence electrons. The zero-order valence-electron chi connectivity index (χ0n) is 9.69. The van der Waals surface area contributed by atoms with Crippen LogP contribution >= 0.6 is 11.3 Å². The molecule has 0 bridgehead atoms. The van der Waals surface area contributed by atoms with Crippen LogP contribution in [0.5, 0.6) is 0 Å². The van der Waals surface area contributed by atoms with Crippen molar-refractivity contribution >= 4 is 11.3 Å². The van der Waals surface area contributed by atoms with Crippen molar-refractivity contribution in [2.24, 2.45) is 0 Å². The van der Waals surface area contributed by atoms with Crippen molar-refractivity contribution in [2.45, 2.75) is 26.3 Å². The van der Waals surface area contributed by atoms with E-state index in [4.69, 9.17) is 4.42 Å². The van der Waals surface area contributed by atoms with E-state index in [1.54, 1.807) is 17.6 Å². The molecular weight excluding hydrogens is 218 g/mol. The first-order valence-corrected chi connectivity index (χ1v) is 6.50. The quantitative estimate of drug-likeness (QED) is 0.857. The van der Waals surface area contributed by atoms with Crippen LogP contribution < -0.4 is 5.32 Å². The highest BCUT2D eigenvalue weighted by atomic mass is 32.1. The van der Waals surface area contributed by atoms with E-state index < -0.39 is 0 Å². The Hall–Kier alpha value is -1.06. The van der Waals surface area contributed by atoms with Crippen molar-refractivity contribution in [3.8, 4) is 0 Å². The average Bonchev–Trinajstić information content (AvgIpc) is 2.88. The van der Waals surface area contributed by atoms with E-state index in [0.29, 0.717) is 0 Å². The second-order valence-electron chi connectivity index (χ2n) is 4.03. The summed E-state index contributed by atoms with van der Waals surface area (Å²) < 4.78 is 5.45. The first-order valence-electron chi connectivity index (χ1n) is 5.56. The van der Waals surface area contributed by atoms with Gasteiger partial charge in [0.1, 0.15) is 5.76 Å². The second-order valence-corrected chi connectivity index (χ2v) is 4.81. The molecule has 0 aliphatic rings. The monoisotopic (exact) mass is 235 g/mol. The van der Waals surface area contributed by atoms with Gasteiger partial charge in [-0.3, -0.25) is 0 Å². The van der Waals surface area contributed by atoms with Gasteiger partial charge in [-0.1, -0.05) is 0 Å². The van der Waals surface area contributed by atoms with Crippen molar-refractivity contribution in [2.75, 3.05) is 6.54 Å². The van der Waals surface area contributed by atoms with Crippen LogP contribution in [-0.4, -0.2) is 6.54 Å². The van der Waals surface area contributed by atoms with Crippen LogP contribution in [-0.2, 0) is 6.42 Å². The van der Waals surface area contributed by atoms with Crippen LogP contribution in [0.1, 0.15) is 29.9 Å². The van der Waals surface area contributed by atoms with Gasteiger partial charge in [-0.2, -0.15) is 11.3 Å². The molecule has 2 rings (SSSR count). The number of furan rings is 1. The Labute approximate surface area is 100 Å². The molecule has 2 heterocycles. The Balaban J connectivity index is 1.80. The van der Waals surface area contributed by atoms with Gasteiger partial charge in [-0.25, -0.2) is 0 Å². The lowest BCUT2D eigenvalue weighted by atomic mass is 10.1. The number of nitrogens with one attached hydrogen (secondary N) is 1. The summed E-state index contributed by atoms with van der Waals surface area (Å²) in [6, 6.07) is 4.47. The third kappa shape index (κ3) is 2.74. The Morgan fingerprint density at radius 3 is 2.94 bits per heavy atom. The van der Waals surface area contributed by atoms with Crippen molar-refractivity contribution < 1.29 is 4.42 Å². The summed E-state index contributed by atoms with van der Waals surface area (Å²) in [5.41, 5.74) is 2.62. The predicted octanol–water partition coefficient (Wildman–Crippen LogP) is 3.54. The smallest absolute Gasteiger partial charge is 0.123 e. The summed E-state index contributed by atoms with van der Waals surface area (Å²) in [6.45, 7) is 5.20. The van der Waals surface area contributed by atoms with Crippen LogP contribution in [0, 0.1) is 6.92 Å². The number of rotatable bonds is 5. The summed E-state index contributed by atoms with van der Waals surface area (Å²) in [5.74, 6) is 1.05. The van der Waals surface area contributed by atoms with Gasteiger partial charge in [0, 0.05) is 0 Å². The van der Waals surface area contributed by atoms with Gasteiger partial charge in [0.05, 0.1) is 12.3 Å².